The molecule has 1 fully saturated rings. The topological polar surface area (TPSA) is 79.0 Å². The van der Waals surface area contributed by atoms with E-state index in [0.717, 1.165) is 5.56 Å². The zero-order valence-electron chi connectivity index (χ0n) is 19.1. The van der Waals surface area contributed by atoms with Crippen molar-refractivity contribution in [3.8, 4) is 5.75 Å². The van der Waals surface area contributed by atoms with Crippen molar-refractivity contribution in [1.82, 2.24) is 0 Å². The third kappa shape index (κ3) is 3.81. The molecule has 1 atom stereocenters. The van der Waals surface area contributed by atoms with Crippen LogP contribution in [0.4, 0.5) is 21.5 Å². The molecule has 2 aliphatic heterocycles. The number of aryl methyl sites for hydroxylation is 1. The number of hydrogen-bond acceptors (Lipinski definition) is 5. The second-order valence-electron chi connectivity index (χ2n) is 8.33. The number of thioether (sulfide) groups is 1. The average Bonchev–Trinajstić information content (AvgIpc) is 3.30. The van der Waals surface area contributed by atoms with Gasteiger partial charge in [0, 0.05) is 16.9 Å². The molecular formula is C26H22FN3O4S. The summed E-state index contributed by atoms with van der Waals surface area (Å²) in [5, 5.41) is 2.80. The van der Waals surface area contributed by atoms with Crippen LogP contribution in [0, 0.1) is 12.7 Å². The van der Waals surface area contributed by atoms with E-state index in [1.54, 1.807) is 43.5 Å². The van der Waals surface area contributed by atoms with E-state index in [-0.39, 0.29) is 18.2 Å². The molecule has 178 valence electrons. The number of nitrogens with one attached hydrogen (secondary N) is 1. The Bertz CT molecular complexity index is 1350. The molecule has 1 saturated heterocycles. The summed E-state index contributed by atoms with van der Waals surface area (Å²) in [7, 11) is 1.56. The first-order chi connectivity index (χ1) is 16.8. The molecule has 7 nitrogen and oxygen atoms in total. The number of halogens is 1. The summed E-state index contributed by atoms with van der Waals surface area (Å²) in [5.74, 6) is -0.897. The molecule has 0 aromatic heterocycles. The highest BCUT2D eigenvalue weighted by molar-refractivity contribution is 8.02. The van der Waals surface area contributed by atoms with Crippen LogP contribution < -0.4 is 19.9 Å². The zero-order chi connectivity index (χ0) is 24.7. The molecule has 5 rings (SSSR count). The number of carbonyl (C=O) groups is 3. The molecular weight excluding hydrogens is 469 g/mol. The van der Waals surface area contributed by atoms with Crippen LogP contribution in [0.2, 0.25) is 0 Å². The van der Waals surface area contributed by atoms with Gasteiger partial charge >= 0.3 is 0 Å². The quantitative estimate of drug-likeness (QED) is 0.582. The maximum Gasteiger partial charge on any atom is 0.269 e. The minimum atomic E-state index is -1.41. The van der Waals surface area contributed by atoms with Crippen LogP contribution in [0.25, 0.3) is 0 Å². The smallest absolute Gasteiger partial charge is 0.269 e. The number of nitrogens with zero attached hydrogens (tertiary/aromatic N) is 2. The van der Waals surface area contributed by atoms with E-state index in [4.69, 9.17) is 4.74 Å². The number of hydrogen-bond donors (Lipinski definition) is 1. The van der Waals surface area contributed by atoms with Crippen molar-refractivity contribution < 1.29 is 23.5 Å². The molecule has 1 N–H and O–H groups in total. The lowest BCUT2D eigenvalue weighted by atomic mass is 10.0. The summed E-state index contributed by atoms with van der Waals surface area (Å²) in [5.41, 5.74) is 2.92. The fourth-order valence-corrected chi connectivity index (χ4v) is 5.86. The Labute approximate surface area is 205 Å². The summed E-state index contributed by atoms with van der Waals surface area (Å²) in [6, 6.07) is 18.0. The van der Waals surface area contributed by atoms with Crippen LogP contribution in [0.15, 0.2) is 66.7 Å². The molecule has 0 bridgehead atoms. The van der Waals surface area contributed by atoms with Gasteiger partial charge in [-0.1, -0.05) is 23.8 Å². The highest BCUT2D eigenvalue weighted by Crippen LogP contribution is 2.55. The van der Waals surface area contributed by atoms with Crippen LogP contribution in [0.1, 0.15) is 11.1 Å². The van der Waals surface area contributed by atoms with Gasteiger partial charge in [0.25, 0.3) is 5.91 Å². The molecule has 0 unspecified atom stereocenters. The average molecular weight is 492 g/mol. The Hall–Kier alpha value is -3.85. The Balaban J connectivity index is 1.51. The number of anilines is 3. The second kappa shape index (κ2) is 8.74. The zero-order valence-corrected chi connectivity index (χ0v) is 19.9. The molecule has 3 aromatic carbocycles. The summed E-state index contributed by atoms with van der Waals surface area (Å²) in [6.45, 7) is 1.65. The Morgan fingerprint density at radius 3 is 2.60 bits per heavy atom. The van der Waals surface area contributed by atoms with Crippen molar-refractivity contribution in [3.63, 3.8) is 0 Å². The van der Waals surface area contributed by atoms with Crippen LogP contribution in [0.3, 0.4) is 0 Å². The maximum atomic E-state index is 14.1. The standard InChI is InChI=1S/C26H22FN3O4S/c1-16-6-11-22-21(12-16)26(30(24(32)15-35-26)19-5-3-4-17(27)13-19)25(33)29(22)14-23(31)28-18-7-9-20(34-2)10-8-18/h3-13H,14-15H2,1-2H3,(H,28,31)/t26-/m0/s1. The fourth-order valence-electron chi connectivity index (χ4n) is 4.51. The lowest BCUT2D eigenvalue weighted by Gasteiger charge is -2.33. The van der Waals surface area contributed by atoms with Crippen LogP contribution in [-0.4, -0.2) is 37.1 Å². The Morgan fingerprint density at radius 1 is 1.11 bits per heavy atom. The van der Waals surface area contributed by atoms with Gasteiger partial charge in [0.2, 0.25) is 16.7 Å². The van der Waals surface area contributed by atoms with Crippen molar-refractivity contribution in [3.05, 3.63) is 83.7 Å². The number of methoxy groups -OCH3 is 1. The molecule has 35 heavy (non-hydrogen) atoms. The van der Waals surface area contributed by atoms with Gasteiger partial charge in [-0.05, 0) is 55.5 Å². The van der Waals surface area contributed by atoms with Crippen molar-refractivity contribution in [2.45, 2.75) is 11.8 Å². The van der Waals surface area contributed by atoms with Gasteiger partial charge in [-0.25, -0.2) is 4.39 Å². The van der Waals surface area contributed by atoms with E-state index in [1.807, 2.05) is 19.1 Å². The first-order valence-electron chi connectivity index (χ1n) is 10.9. The van der Waals surface area contributed by atoms with Gasteiger partial charge < -0.3 is 10.1 Å². The molecule has 2 heterocycles. The molecule has 9 heteroatoms. The lowest BCUT2D eigenvalue weighted by molar-refractivity contribution is -0.124. The third-order valence-corrected chi connectivity index (χ3v) is 7.44. The summed E-state index contributed by atoms with van der Waals surface area (Å²) in [6.07, 6.45) is 0. The molecule has 2 aliphatic rings. The number of amides is 3. The number of benzene rings is 3. The van der Waals surface area contributed by atoms with E-state index in [0.29, 0.717) is 28.4 Å². The highest BCUT2D eigenvalue weighted by Gasteiger charge is 2.61. The highest BCUT2D eigenvalue weighted by atomic mass is 32.2. The minimum Gasteiger partial charge on any atom is -0.497 e. The van der Waals surface area contributed by atoms with Gasteiger partial charge in [-0.3, -0.25) is 24.2 Å². The minimum absolute atomic E-state index is 0.0571. The number of carbonyl (C=O) groups excluding carboxylic acids is 3. The molecule has 0 radical (unpaired) electrons. The fraction of sp³-hybridized carbons (Fsp3) is 0.192. The van der Waals surface area contributed by atoms with Crippen LogP contribution >= 0.6 is 11.8 Å². The van der Waals surface area contributed by atoms with Gasteiger partial charge in [0.15, 0.2) is 0 Å². The number of ether oxygens (including phenoxy) is 1. The normalized spacial score (nSPS) is 18.8. The Morgan fingerprint density at radius 2 is 1.89 bits per heavy atom. The predicted octanol–water partition coefficient (Wildman–Crippen LogP) is 4.06. The van der Waals surface area contributed by atoms with Crippen molar-refractivity contribution in [2.75, 3.05) is 34.5 Å². The van der Waals surface area contributed by atoms with Gasteiger partial charge in [0.05, 0.1) is 18.6 Å². The Kier molecular flexibility index (Phi) is 5.72. The third-order valence-electron chi connectivity index (χ3n) is 6.05. The molecule has 1 spiro atoms. The lowest BCUT2D eigenvalue weighted by Crippen LogP contribution is -2.51. The summed E-state index contributed by atoms with van der Waals surface area (Å²) in [4.78, 5) is 41.3. The molecule has 0 saturated carbocycles. The van der Waals surface area contributed by atoms with Gasteiger partial charge in [0.1, 0.15) is 18.1 Å². The summed E-state index contributed by atoms with van der Waals surface area (Å²) < 4.78 is 19.2. The second-order valence-corrected chi connectivity index (χ2v) is 9.50. The van der Waals surface area contributed by atoms with Gasteiger partial charge in [-0.2, -0.15) is 0 Å². The first kappa shape index (κ1) is 22.9. The van der Waals surface area contributed by atoms with Crippen molar-refractivity contribution in [1.29, 1.82) is 0 Å². The predicted molar refractivity (Wildman–Crippen MR) is 133 cm³/mol. The van der Waals surface area contributed by atoms with Gasteiger partial charge in [-0.15, -0.1) is 11.8 Å². The maximum absolute atomic E-state index is 14.1. The van der Waals surface area contributed by atoms with Crippen LogP contribution in [0.5, 0.6) is 5.75 Å². The van der Waals surface area contributed by atoms with Crippen LogP contribution in [-0.2, 0) is 19.3 Å². The van der Waals surface area contributed by atoms with E-state index in [1.165, 1.54) is 39.8 Å². The molecule has 3 aromatic rings. The molecule has 3 amide bonds. The number of fused-ring (bicyclic) bond motifs is 2. The number of rotatable bonds is 5. The van der Waals surface area contributed by atoms with E-state index in [2.05, 4.69) is 5.32 Å². The largest absolute Gasteiger partial charge is 0.497 e. The monoisotopic (exact) mass is 491 g/mol. The van der Waals surface area contributed by atoms with E-state index >= 15 is 0 Å². The van der Waals surface area contributed by atoms with E-state index < -0.39 is 22.5 Å². The molecule has 0 aliphatic carbocycles. The first-order valence-corrected chi connectivity index (χ1v) is 11.9. The SMILES string of the molecule is COc1ccc(NC(=O)CN2C(=O)[C@@]3(SCC(=O)N3c3cccc(F)c3)c3cc(C)ccc32)cc1. The summed E-state index contributed by atoms with van der Waals surface area (Å²) >= 11 is 1.18. The van der Waals surface area contributed by atoms with Crippen molar-refractivity contribution >= 4 is 46.5 Å². The van der Waals surface area contributed by atoms with E-state index in [9.17, 15) is 18.8 Å². The van der Waals surface area contributed by atoms with Crippen molar-refractivity contribution in [2.24, 2.45) is 0 Å².